The summed E-state index contributed by atoms with van der Waals surface area (Å²) in [4.78, 5) is 71.6. The fourth-order valence-electron chi connectivity index (χ4n) is 8.49. The molecule has 17 nitrogen and oxygen atoms in total. The van der Waals surface area contributed by atoms with Gasteiger partial charge in [-0.1, -0.05) is 234 Å². The minimum absolute atomic E-state index is 0.104. The molecule has 0 aliphatic heterocycles. The van der Waals surface area contributed by atoms with Crippen molar-refractivity contribution < 1.29 is 80.2 Å². The first-order valence-corrected chi connectivity index (χ1v) is 33.7. The van der Waals surface area contributed by atoms with Gasteiger partial charge in [0.1, 0.15) is 19.3 Å². The van der Waals surface area contributed by atoms with Crippen LogP contribution in [0.25, 0.3) is 0 Å². The van der Waals surface area contributed by atoms with Crippen molar-refractivity contribution in [1.29, 1.82) is 0 Å². The Balaban J connectivity index is 5.18. The van der Waals surface area contributed by atoms with Crippen LogP contribution in [0.1, 0.15) is 285 Å². The van der Waals surface area contributed by atoms with Crippen molar-refractivity contribution in [3.8, 4) is 0 Å². The van der Waals surface area contributed by atoms with Gasteiger partial charge in [-0.05, 0) is 31.6 Å². The fourth-order valence-corrected chi connectivity index (χ4v) is 10.1. The zero-order valence-electron chi connectivity index (χ0n) is 49.1. The molecule has 0 aromatic carbocycles. The molecular formula is C58H112O17P2. The number of hydrogen-bond donors (Lipinski definition) is 3. The average molecular weight is 1140 g/mol. The number of phosphoric ester groups is 2. The van der Waals surface area contributed by atoms with Crippen LogP contribution in [-0.4, -0.2) is 96.7 Å². The summed E-state index contributed by atoms with van der Waals surface area (Å²) in [5, 5.41) is 10.5. The zero-order valence-corrected chi connectivity index (χ0v) is 50.9. The van der Waals surface area contributed by atoms with Crippen molar-refractivity contribution in [2.75, 3.05) is 39.6 Å². The van der Waals surface area contributed by atoms with Gasteiger partial charge in [-0.2, -0.15) is 0 Å². The Morgan fingerprint density at radius 2 is 0.623 bits per heavy atom. The molecule has 19 heteroatoms. The predicted molar refractivity (Wildman–Crippen MR) is 303 cm³/mol. The molecule has 456 valence electrons. The molecule has 0 spiro atoms. The highest BCUT2D eigenvalue weighted by molar-refractivity contribution is 7.47. The minimum Gasteiger partial charge on any atom is -0.462 e. The molecule has 0 aliphatic carbocycles. The molecule has 0 heterocycles. The van der Waals surface area contributed by atoms with Crippen LogP contribution in [0.3, 0.4) is 0 Å². The van der Waals surface area contributed by atoms with E-state index in [1.54, 1.807) is 0 Å². The molecule has 77 heavy (non-hydrogen) atoms. The molecule has 0 saturated heterocycles. The number of aliphatic hydroxyl groups is 1. The van der Waals surface area contributed by atoms with Crippen LogP contribution in [0.15, 0.2) is 0 Å². The van der Waals surface area contributed by atoms with Gasteiger partial charge in [-0.3, -0.25) is 37.3 Å². The molecule has 0 rings (SSSR count). The summed E-state index contributed by atoms with van der Waals surface area (Å²) < 4.78 is 67.5. The van der Waals surface area contributed by atoms with Gasteiger partial charge in [0.2, 0.25) is 0 Å². The van der Waals surface area contributed by atoms with E-state index in [4.69, 9.17) is 37.0 Å². The summed E-state index contributed by atoms with van der Waals surface area (Å²) in [7, 11) is -9.86. The van der Waals surface area contributed by atoms with Crippen LogP contribution in [-0.2, 0) is 65.4 Å². The summed E-state index contributed by atoms with van der Waals surface area (Å²) >= 11 is 0. The number of ether oxygens (including phenoxy) is 4. The maximum absolute atomic E-state index is 12.9. The molecule has 6 atom stereocenters. The van der Waals surface area contributed by atoms with Crippen LogP contribution in [0.2, 0.25) is 0 Å². The number of carbonyl (C=O) groups is 4. The normalized spacial score (nSPS) is 14.8. The average Bonchev–Trinajstić information content (AvgIpc) is 3.40. The Hall–Kier alpha value is -1.94. The van der Waals surface area contributed by atoms with Crippen LogP contribution < -0.4 is 0 Å². The van der Waals surface area contributed by atoms with Crippen molar-refractivity contribution in [2.24, 2.45) is 5.92 Å². The number of unbranched alkanes of at least 4 members (excludes halogenated alkanes) is 29. The predicted octanol–water partition coefficient (Wildman–Crippen LogP) is 15.5. The van der Waals surface area contributed by atoms with Gasteiger partial charge in [0.05, 0.1) is 26.4 Å². The third-order valence-electron chi connectivity index (χ3n) is 13.6. The lowest BCUT2D eigenvalue weighted by Crippen LogP contribution is -2.30. The second-order valence-electron chi connectivity index (χ2n) is 21.3. The molecular weight excluding hydrogens is 1030 g/mol. The van der Waals surface area contributed by atoms with E-state index in [2.05, 4.69) is 34.6 Å². The summed E-state index contributed by atoms with van der Waals surface area (Å²) in [6.45, 7) is 7.03. The summed E-state index contributed by atoms with van der Waals surface area (Å²) in [6, 6.07) is 0. The van der Waals surface area contributed by atoms with E-state index in [9.17, 15) is 43.2 Å². The number of carbonyl (C=O) groups excluding carboxylic acids is 4. The maximum Gasteiger partial charge on any atom is 0.472 e. The van der Waals surface area contributed by atoms with Gasteiger partial charge in [0, 0.05) is 25.7 Å². The molecule has 3 unspecified atom stereocenters. The van der Waals surface area contributed by atoms with E-state index in [1.165, 1.54) is 96.3 Å². The number of rotatable bonds is 58. The number of phosphoric acid groups is 2. The molecule has 0 aromatic heterocycles. The zero-order chi connectivity index (χ0) is 57.1. The molecule has 0 bridgehead atoms. The minimum atomic E-state index is -4.94. The SMILES string of the molecule is CCCCCCCCCCCCCCC(=O)OC[C@H](COP(=O)(O)OC[C@@H](O)COP(=O)(O)OC[C@@H](COC(=O)CCCCCCC)OC(=O)CCCCCCCCCC)OC(=O)CCCCCCCCCCC(C)CC. The molecule has 0 aromatic rings. The Labute approximate surface area is 467 Å². The van der Waals surface area contributed by atoms with Gasteiger partial charge in [0.15, 0.2) is 12.2 Å². The van der Waals surface area contributed by atoms with E-state index in [0.717, 1.165) is 109 Å². The summed E-state index contributed by atoms with van der Waals surface area (Å²) in [6.07, 6.45) is 33.8. The fraction of sp³-hybridized carbons (Fsp3) is 0.931. The third-order valence-corrected chi connectivity index (χ3v) is 15.5. The monoisotopic (exact) mass is 1140 g/mol. The first-order chi connectivity index (χ1) is 37.1. The maximum atomic E-state index is 12.9. The molecule has 0 fully saturated rings. The first kappa shape index (κ1) is 75.1. The largest absolute Gasteiger partial charge is 0.472 e. The highest BCUT2D eigenvalue weighted by atomic mass is 31.2. The van der Waals surface area contributed by atoms with Crippen molar-refractivity contribution in [3.63, 3.8) is 0 Å². The van der Waals surface area contributed by atoms with Crippen molar-refractivity contribution in [3.05, 3.63) is 0 Å². The van der Waals surface area contributed by atoms with Crippen molar-refractivity contribution >= 4 is 39.5 Å². The molecule has 0 radical (unpaired) electrons. The Bertz CT molecular complexity index is 1520. The Kier molecular flexibility index (Phi) is 50.8. The van der Waals surface area contributed by atoms with E-state index < -0.39 is 97.5 Å². The van der Waals surface area contributed by atoms with E-state index >= 15 is 0 Å². The van der Waals surface area contributed by atoms with Gasteiger partial charge in [-0.25, -0.2) is 9.13 Å². The molecule has 0 amide bonds. The lowest BCUT2D eigenvalue weighted by atomic mass is 9.99. The number of esters is 4. The lowest BCUT2D eigenvalue weighted by molar-refractivity contribution is -0.161. The van der Waals surface area contributed by atoms with Crippen molar-refractivity contribution in [2.45, 2.75) is 303 Å². The van der Waals surface area contributed by atoms with E-state index in [1.807, 2.05) is 0 Å². The second-order valence-corrected chi connectivity index (χ2v) is 24.2. The topological polar surface area (TPSA) is 237 Å². The Morgan fingerprint density at radius 1 is 0.364 bits per heavy atom. The number of aliphatic hydroxyl groups excluding tert-OH is 1. The molecule has 3 N–H and O–H groups in total. The van der Waals surface area contributed by atoms with Crippen LogP contribution in [0, 0.1) is 5.92 Å². The number of hydrogen-bond acceptors (Lipinski definition) is 15. The van der Waals surface area contributed by atoms with Crippen molar-refractivity contribution in [1.82, 2.24) is 0 Å². The van der Waals surface area contributed by atoms with E-state index in [0.29, 0.717) is 25.7 Å². The van der Waals surface area contributed by atoms with Crippen LogP contribution >= 0.6 is 15.6 Å². The van der Waals surface area contributed by atoms with E-state index in [-0.39, 0.29) is 25.7 Å². The van der Waals surface area contributed by atoms with Crippen LogP contribution in [0.4, 0.5) is 0 Å². The highest BCUT2D eigenvalue weighted by Crippen LogP contribution is 2.45. The highest BCUT2D eigenvalue weighted by Gasteiger charge is 2.30. The Morgan fingerprint density at radius 3 is 0.922 bits per heavy atom. The second kappa shape index (κ2) is 52.2. The summed E-state index contributed by atoms with van der Waals surface area (Å²) in [5.74, 6) is -1.39. The van der Waals surface area contributed by atoms with Gasteiger partial charge in [-0.15, -0.1) is 0 Å². The van der Waals surface area contributed by atoms with Gasteiger partial charge < -0.3 is 33.8 Å². The van der Waals surface area contributed by atoms with Crippen LogP contribution in [0.5, 0.6) is 0 Å². The third kappa shape index (κ3) is 51.9. The molecule has 0 saturated carbocycles. The lowest BCUT2D eigenvalue weighted by Gasteiger charge is -2.21. The van der Waals surface area contributed by atoms with Gasteiger partial charge in [0.25, 0.3) is 0 Å². The van der Waals surface area contributed by atoms with Gasteiger partial charge >= 0.3 is 39.5 Å². The summed E-state index contributed by atoms with van der Waals surface area (Å²) in [5.41, 5.74) is 0. The smallest absolute Gasteiger partial charge is 0.462 e. The first-order valence-electron chi connectivity index (χ1n) is 30.7. The molecule has 0 aliphatic rings. The standard InChI is InChI=1S/C58H112O17P2/c1-6-10-13-16-18-20-21-22-23-28-32-37-42-56(61)69-48-54(75-58(63)44-39-34-29-25-24-26-31-35-40-51(5)9-4)50-73-77(66,67)71-46-52(59)45-70-76(64,65)72-49-53(47-68-55(60)41-36-30-15-12-8-3)74-57(62)43-38-33-27-19-17-14-11-7-2/h51-54,59H,6-50H2,1-5H3,(H,64,65)(H,66,67)/t51?,52-,53+,54+/m0/s1. The quantitative estimate of drug-likeness (QED) is 0.0222.